The molecular weight excluding hydrogens is 342 g/mol. The van der Waals surface area contributed by atoms with Crippen molar-refractivity contribution in [2.75, 3.05) is 22.5 Å². The standard InChI is InChI=1S/C17H15N3O4S/c1-2-10(21)16(23)19-17-18-14-9-4-3-5-12-15(9)20(13(22)8-25-12)7-6-11(14)24-17/h3-5H,2,6-8H2,1H3,(H,18,19,23). The second-order valence-electron chi connectivity index (χ2n) is 5.76. The van der Waals surface area contributed by atoms with Gasteiger partial charge in [0.15, 0.2) is 0 Å². The maximum atomic E-state index is 12.3. The van der Waals surface area contributed by atoms with Gasteiger partial charge in [-0.1, -0.05) is 19.1 Å². The van der Waals surface area contributed by atoms with E-state index in [2.05, 4.69) is 10.3 Å². The van der Waals surface area contributed by atoms with Crippen molar-refractivity contribution in [3.05, 3.63) is 24.0 Å². The molecule has 3 heterocycles. The van der Waals surface area contributed by atoms with Gasteiger partial charge in [0.05, 0.1) is 11.4 Å². The van der Waals surface area contributed by atoms with Crippen LogP contribution >= 0.6 is 11.8 Å². The number of nitrogens with one attached hydrogen (secondary N) is 1. The molecule has 0 saturated heterocycles. The molecule has 25 heavy (non-hydrogen) atoms. The molecule has 4 rings (SSSR count). The molecule has 2 aliphatic rings. The highest BCUT2D eigenvalue weighted by Gasteiger charge is 2.33. The zero-order valence-electron chi connectivity index (χ0n) is 13.5. The molecule has 0 aliphatic carbocycles. The van der Waals surface area contributed by atoms with Crippen LogP contribution in [0, 0.1) is 0 Å². The number of hydrogen-bond donors (Lipinski definition) is 1. The normalized spacial score (nSPS) is 15.2. The summed E-state index contributed by atoms with van der Waals surface area (Å²) < 4.78 is 5.66. The Bertz CT molecular complexity index is 905. The van der Waals surface area contributed by atoms with Crippen molar-refractivity contribution in [3.8, 4) is 11.3 Å². The van der Waals surface area contributed by atoms with E-state index < -0.39 is 11.7 Å². The molecule has 0 atom stereocenters. The van der Waals surface area contributed by atoms with E-state index in [9.17, 15) is 14.4 Å². The van der Waals surface area contributed by atoms with Gasteiger partial charge in [-0.2, -0.15) is 4.98 Å². The monoisotopic (exact) mass is 357 g/mol. The van der Waals surface area contributed by atoms with Crippen molar-refractivity contribution in [1.82, 2.24) is 4.98 Å². The number of carbonyl (C=O) groups excluding carboxylic acids is 3. The first-order valence-electron chi connectivity index (χ1n) is 7.99. The third-order valence-electron chi connectivity index (χ3n) is 4.23. The Labute approximate surface area is 147 Å². The number of rotatable bonds is 3. The zero-order valence-corrected chi connectivity index (χ0v) is 14.3. The maximum absolute atomic E-state index is 12.3. The van der Waals surface area contributed by atoms with Gasteiger partial charge >= 0.3 is 6.01 Å². The first kappa shape index (κ1) is 15.9. The van der Waals surface area contributed by atoms with Gasteiger partial charge in [-0.05, 0) is 6.07 Å². The van der Waals surface area contributed by atoms with Crippen LogP contribution in [-0.2, 0) is 20.8 Å². The lowest BCUT2D eigenvalue weighted by Crippen LogP contribution is -2.36. The summed E-state index contributed by atoms with van der Waals surface area (Å²) in [5, 5.41) is 2.41. The molecule has 0 unspecified atom stereocenters. The number of carbonyl (C=O) groups is 3. The second kappa shape index (κ2) is 6.03. The van der Waals surface area contributed by atoms with Gasteiger partial charge in [0, 0.05) is 29.8 Å². The SMILES string of the molecule is CCC(=O)C(=O)Nc1nc2c(o1)CCN1C(=O)CSc3cccc-2c31. The molecule has 0 radical (unpaired) electrons. The highest BCUT2D eigenvalue weighted by Crippen LogP contribution is 2.45. The number of Topliss-reactive ketones (excluding diaryl/α,β-unsaturated/α-hetero) is 1. The Hall–Kier alpha value is -2.61. The lowest BCUT2D eigenvalue weighted by Gasteiger charge is -2.29. The summed E-state index contributed by atoms with van der Waals surface area (Å²) in [6.07, 6.45) is 0.608. The van der Waals surface area contributed by atoms with Crippen molar-refractivity contribution in [2.45, 2.75) is 24.7 Å². The van der Waals surface area contributed by atoms with Crippen LogP contribution in [-0.4, -0.2) is 34.9 Å². The molecule has 0 fully saturated rings. The molecular formula is C17H15N3O4S. The summed E-state index contributed by atoms with van der Waals surface area (Å²) in [5.41, 5.74) is 2.25. The molecule has 2 aliphatic heterocycles. The van der Waals surface area contributed by atoms with E-state index in [0.717, 1.165) is 16.1 Å². The molecule has 1 aromatic heterocycles. The average molecular weight is 357 g/mol. The van der Waals surface area contributed by atoms with E-state index in [4.69, 9.17) is 4.42 Å². The number of benzene rings is 1. The quantitative estimate of drug-likeness (QED) is 0.847. The highest BCUT2D eigenvalue weighted by molar-refractivity contribution is 8.00. The van der Waals surface area contributed by atoms with Crippen molar-refractivity contribution < 1.29 is 18.8 Å². The third-order valence-corrected chi connectivity index (χ3v) is 5.26. The first-order valence-corrected chi connectivity index (χ1v) is 8.97. The minimum Gasteiger partial charge on any atom is -0.428 e. The molecule has 7 nitrogen and oxygen atoms in total. The number of fused-ring (bicyclic) bond motifs is 2. The van der Waals surface area contributed by atoms with E-state index in [0.29, 0.717) is 30.2 Å². The van der Waals surface area contributed by atoms with Crippen LogP contribution < -0.4 is 10.2 Å². The van der Waals surface area contributed by atoms with Gasteiger partial charge in [0.25, 0.3) is 5.91 Å². The Kier molecular flexibility index (Phi) is 3.84. The summed E-state index contributed by atoms with van der Waals surface area (Å²) in [4.78, 5) is 42.7. The molecule has 1 N–H and O–H groups in total. The van der Waals surface area contributed by atoms with Gasteiger partial charge in [-0.3, -0.25) is 19.7 Å². The average Bonchev–Trinajstić information content (AvgIpc) is 2.95. The summed E-state index contributed by atoms with van der Waals surface area (Å²) in [6.45, 7) is 2.11. The fraction of sp³-hybridized carbons (Fsp3) is 0.294. The van der Waals surface area contributed by atoms with Crippen LogP contribution in [0.5, 0.6) is 0 Å². The number of amides is 2. The largest absolute Gasteiger partial charge is 0.428 e. The number of hydrogen-bond acceptors (Lipinski definition) is 6. The van der Waals surface area contributed by atoms with Crippen molar-refractivity contribution >= 4 is 41.1 Å². The molecule has 0 spiro atoms. The van der Waals surface area contributed by atoms with Crippen LogP contribution in [0.15, 0.2) is 27.5 Å². The van der Waals surface area contributed by atoms with E-state index in [1.54, 1.807) is 11.8 Å². The Morgan fingerprint density at radius 2 is 2.24 bits per heavy atom. The number of anilines is 2. The van der Waals surface area contributed by atoms with Crippen LogP contribution in [0.3, 0.4) is 0 Å². The topological polar surface area (TPSA) is 92.5 Å². The Morgan fingerprint density at radius 1 is 1.40 bits per heavy atom. The zero-order chi connectivity index (χ0) is 17.6. The van der Waals surface area contributed by atoms with E-state index in [-0.39, 0.29) is 18.3 Å². The molecule has 0 bridgehead atoms. The lowest BCUT2D eigenvalue weighted by molar-refractivity contribution is -0.134. The van der Waals surface area contributed by atoms with E-state index >= 15 is 0 Å². The summed E-state index contributed by atoms with van der Waals surface area (Å²) in [6, 6.07) is 5.80. The lowest BCUT2D eigenvalue weighted by atomic mass is 10.1. The summed E-state index contributed by atoms with van der Waals surface area (Å²) in [5.74, 6) is -0.178. The van der Waals surface area contributed by atoms with Crippen LogP contribution in [0.2, 0.25) is 0 Å². The fourth-order valence-corrected chi connectivity index (χ4v) is 3.98. The second-order valence-corrected chi connectivity index (χ2v) is 6.78. The van der Waals surface area contributed by atoms with Crippen molar-refractivity contribution in [2.24, 2.45) is 0 Å². The summed E-state index contributed by atoms with van der Waals surface area (Å²) >= 11 is 1.51. The van der Waals surface area contributed by atoms with Crippen molar-refractivity contribution in [3.63, 3.8) is 0 Å². The minimum absolute atomic E-state index is 0.0117. The van der Waals surface area contributed by atoms with Gasteiger partial charge in [-0.25, -0.2) is 0 Å². The number of oxazole rings is 1. The van der Waals surface area contributed by atoms with Gasteiger partial charge in [-0.15, -0.1) is 11.8 Å². The first-order chi connectivity index (χ1) is 12.1. The van der Waals surface area contributed by atoms with E-state index in [1.165, 1.54) is 11.8 Å². The fourth-order valence-electron chi connectivity index (χ4n) is 3.01. The van der Waals surface area contributed by atoms with Gasteiger partial charge < -0.3 is 9.32 Å². The van der Waals surface area contributed by atoms with Gasteiger partial charge in [0.2, 0.25) is 11.7 Å². The van der Waals surface area contributed by atoms with E-state index in [1.807, 2.05) is 18.2 Å². The van der Waals surface area contributed by atoms with Crippen LogP contribution in [0.4, 0.5) is 11.7 Å². The molecule has 8 heteroatoms. The Balaban J connectivity index is 1.76. The molecule has 2 aromatic rings. The number of aromatic nitrogens is 1. The number of para-hydroxylation sites is 1. The molecule has 128 valence electrons. The number of thioether (sulfide) groups is 1. The molecule has 1 aromatic carbocycles. The maximum Gasteiger partial charge on any atom is 0.302 e. The predicted octanol–water partition coefficient (Wildman–Crippen LogP) is 2.25. The number of nitrogens with zero attached hydrogens (tertiary/aromatic N) is 2. The third kappa shape index (κ3) is 2.62. The predicted molar refractivity (Wildman–Crippen MR) is 92.6 cm³/mol. The van der Waals surface area contributed by atoms with Crippen molar-refractivity contribution in [1.29, 1.82) is 0 Å². The minimum atomic E-state index is -0.735. The Morgan fingerprint density at radius 3 is 3.04 bits per heavy atom. The number of ketones is 1. The molecule has 2 amide bonds. The van der Waals surface area contributed by atoms with Crippen LogP contribution in [0.1, 0.15) is 19.1 Å². The van der Waals surface area contributed by atoms with Crippen LogP contribution in [0.25, 0.3) is 11.3 Å². The highest BCUT2D eigenvalue weighted by atomic mass is 32.2. The van der Waals surface area contributed by atoms with Gasteiger partial charge in [0.1, 0.15) is 11.5 Å². The summed E-state index contributed by atoms with van der Waals surface area (Å²) in [7, 11) is 0. The smallest absolute Gasteiger partial charge is 0.302 e. The molecule has 0 saturated carbocycles.